The standard InChI is InChI=1S/C10H17N3/c1-10(2,3)8-5-4-6-13-9(8)11-7-12-13/h7-8H,4-6H2,1-3H3. The molecule has 0 radical (unpaired) electrons. The average molecular weight is 179 g/mol. The number of rotatable bonds is 0. The summed E-state index contributed by atoms with van der Waals surface area (Å²) in [5.41, 5.74) is 0.311. The van der Waals surface area contributed by atoms with Gasteiger partial charge in [0, 0.05) is 12.5 Å². The molecule has 0 aliphatic carbocycles. The topological polar surface area (TPSA) is 30.7 Å². The molecule has 13 heavy (non-hydrogen) atoms. The van der Waals surface area contributed by atoms with Gasteiger partial charge in [0.2, 0.25) is 0 Å². The van der Waals surface area contributed by atoms with Gasteiger partial charge >= 0.3 is 0 Å². The molecule has 0 N–H and O–H groups in total. The first-order chi connectivity index (χ1) is 6.09. The van der Waals surface area contributed by atoms with Crippen molar-refractivity contribution in [2.24, 2.45) is 5.41 Å². The highest BCUT2D eigenvalue weighted by atomic mass is 15.3. The van der Waals surface area contributed by atoms with Gasteiger partial charge < -0.3 is 0 Å². The van der Waals surface area contributed by atoms with E-state index in [2.05, 4.69) is 35.5 Å². The molecule has 0 saturated heterocycles. The van der Waals surface area contributed by atoms with Crippen LogP contribution in [0.5, 0.6) is 0 Å². The van der Waals surface area contributed by atoms with E-state index in [9.17, 15) is 0 Å². The molecular formula is C10H17N3. The van der Waals surface area contributed by atoms with Gasteiger partial charge in [-0.25, -0.2) is 9.67 Å². The summed E-state index contributed by atoms with van der Waals surface area (Å²) in [6.45, 7) is 7.88. The van der Waals surface area contributed by atoms with E-state index >= 15 is 0 Å². The Morgan fingerprint density at radius 1 is 1.46 bits per heavy atom. The number of fused-ring (bicyclic) bond motifs is 1. The van der Waals surface area contributed by atoms with E-state index in [1.807, 2.05) is 0 Å². The number of hydrogen-bond acceptors (Lipinski definition) is 2. The molecule has 1 unspecified atom stereocenters. The van der Waals surface area contributed by atoms with E-state index in [0.717, 1.165) is 6.54 Å². The molecule has 2 heterocycles. The van der Waals surface area contributed by atoms with Crippen LogP contribution in [0.1, 0.15) is 45.4 Å². The second-order valence-corrected chi connectivity index (χ2v) is 4.90. The Hall–Kier alpha value is -0.860. The summed E-state index contributed by atoms with van der Waals surface area (Å²) in [6.07, 6.45) is 4.17. The van der Waals surface area contributed by atoms with Crippen molar-refractivity contribution in [2.75, 3.05) is 0 Å². The lowest BCUT2D eigenvalue weighted by molar-refractivity contribution is 0.251. The molecule has 72 valence electrons. The van der Waals surface area contributed by atoms with Crippen LogP contribution in [0.25, 0.3) is 0 Å². The third-order valence-electron chi connectivity index (χ3n) is 2.87. The predicted molar refractivity (Wildman–Crippen MR) is 51.5 cm³/mol. The zero-order chi connectivity index (χ0) is 9.47. The summed E-state index contributed by atoms with van der Waals surface area (Å²) in [6, 6.07) is 0. The Morgan fingerprint density at radius 2 is 2.23 bits per heavy atom. The van der Waals surface area contributed by atoms with E-state index in [4.69, 9.17) is 0 Å². The molecule has 0 aromatic carbocycles. The molecule has 0 bridgehead atoms. The van der Waals surface area contributed by atoms with Crippen LogP contribution in [-0.2, 0) is 6.54 Å². The highest BCUT2D eigenvalue weighted by Crippen LogP contribution is 2.39. The monoisotopic (exact) mass is 179 g/mol. The highest BCUT2D eigenvalue weighted by Gasteiger charge is 2.32. The first-order valence-electron chi connectivity index (χ1n) is 4.97. The maximum Gasteiger partial charge on any atom is 0.138 e. The Labute approximate surface area is 79.2 Å². The summed E-state index contributed by atoms with van der Waals surface area (Å²) in [5, 5.41) is 4.23. The van der Waals surface area contributed by atoms with Gasteiger partial charge in [-0.1, -0.05) is 20.8 Å². The number of aryl methyl sites for hydroxylation is 1. The summed E-state index contributed by atoms with van der Waals surface area (Å²) >= 11 is 0. The normalized spacial score (nSPS) is 22.8. The molecular weight excluding hydrogens is 162 g/mol. The third kappa shape index (κ3) is 1.47. The van der Waals surface area contributed by atoms with Crippen molar-refractivity contribution in [1.82, 2.24) is 14.8 Å². The zero-order valence-electron chi connectivity index (χ0n) is 8.62. The van der Waals surface area contributed by atoms with Gasteiger partial charge in [-0.3, -0.25) is 0 Å². The Morgan fingerprint density at radius 3 is 2.92 bits per heavy atom. The molecule has 0 fully saturated rings. The predicted octanol–water partition coefficient (Wildman–Crippen LogP) is 2.20. The SMILES string of the molecule is CC(C)(C)C1CCCn2ncnc21. The van der Waals surface area contributed by atoms with Crippen LogP contribution in [0.4, 0.5) is 0 Å². The Kier molecular flexibility index (Phi) is 1.90. The number of nitrogens with zero attached hydrogens (tertiary/aromatic N) is 3. The average Bonchev–Trinajstić information content (AvgIpc) is 2.48. The van der Waals surface area contributed by atoms with Gasteiger partial charge in [-0.15, -0.1) is 0 Å². The highest BCUT2D eigenvalue weighted by molar-refractivity contribution is 5.03. The summed E-state index contributed by atoms with van der Waals surface area (Å²) < 4.78 is 2.05. The second kappa shape index (κ2) is 2.82. The van der Waals surface area contributed by atoms with Crippen LogP contribution in [0.15, 0.2) is 6.33 Å². The largest absolute Gasteiger partial charge is 0.250 e. The van der Waals surface area contributed by atoms with Crippen LogP contribution in [0, 0.1) is 5.41 Å². The second-order valence-electron chi connectivity index (χ2n) is 4.90. The van der Waals surface area contributed by atoms with E-state index in [0.29, 0.717) is 11.3 Å². The quantitative estimate of drug-likeness (QED) is 0.611. The fourth-order valence-electron chi connectivity index (χ4n) is 2.11. The van der Waals surface area contributed by atoms with Crippen molar-refractivity contribution in [3.05, 3.63) is 12.2 Å². The maximum atomic E-state index is 4.36. The molecule has 0 saturated carbocycles. The van der Waals surface area contributed by atoms with Crippen molar-refractivity contribution in [3.8, 4) is 0 Å². The first kappa shape index (κ1) is 8.73. The van der Waals surface area contributed by atoms with Crippen molar-refractivity contribution in [3.63, 3.8) is 0 Å². The number of hydrogen-bond donors (Lipinski definition) is 0. The lowest BCUT2D eigenvalue weighted by atomic mass is 9.76. The van der Waals surface area contributed by atoms with Gasteiger partial charge in [0.1, 0.15) is 12.2 Å². The van der Waals surface area contributed by atoms with Crippen LogP contribution in [-0.4, -0.2) is 14.8 Å². The summed E-state index contributed by atoms with van der Waals surface area (Å²) in [4.78, 5) is 4.36. The summed E-state index contributed by atoms with van der Waals surface area (Å²) in [5.74, 6) is 1.75. The van der Waals surface area contributed by atoms with E-state index in [1.165, 1.54) is 18.7 Å². The Bertz CT molecular complexity index is 295. The molecule has 0 amide bonds. The molecule has 3 heteroatoms. The molecule has 1 aliphatic heterocycles. The van der Waals surface area contributed by atoms with Crippen molar-refractivity contribution < 1.29 is 0 Å². The molecule has 1 atom stereocenters. The van der Waals surface area contributed by atoms with Gasteiger partial charge in [-0.05, 0) is 18.3 Å². The number of aromatic nitrogens is 3. The van der Waals surface area contributed by atoms with Gasteiger partial charge in [0.25, 0.3) is 0 Å². The fraction of sp³-hybridized carbons (Fsp3) is 0.800. The third-order valence-corrected chi connectivity index (χ3v) is 2.87. The van der Waals surface area contributed by atoms with Gasteiger partial charge in [-0.2, -0.15) is 5.10 Å². The molecule has 1 aromatic rings. The van der Waals surface area contributed by atoms with Crippen molar-refractivity contribution in [1.29, 1.82) is 0 Å². The van der Waals surface area contributed by atoms with Crippen LogP contribution in [0.2, 0.25) is 0 Å². The van der Waals surface area contributed by atoms with Crippen molar-refractivity contribution >= 4 is 0 Å². The van der Waals surface area contributed by atoms with Gasteiger partial charge in [0.05, 0.1) is 0 Å². The molecule has 3 nitrogen and oxygen atoms in total. The Balaban J connectivity index is 2.35. The van der Waals surface area contributed by atoms with Gasteiger partial charge in [0.15, 0.2) is 0 Å². The minimum atomic E-state index is 0.311. The minimum absolute atomic E-state index is 0.311. The minimum Gasteiger partial charge on any atom is -0.250 e. The van der Waals surface area contributed by atoms with E-state index in [1.54, 1.807) is 6.33 Å². The van der Waals surface area contributed by atoms with Crippen LogP contribution < -0.4 is 0 Å². The van der Waals surface area contributed by atoms with E-state index in [-0.39, 0.29) is 0 Å². The van der Waals surface area contributed by atoms with Crippen molar-refractivity contribution in [2.45, 2.75) is 46.1 Å². The molecule has 2 rings (SSSR count). The molecule has 0 spiro atoms. The molecule has 1 aliphatic rings. The molecule has 1 aromatic heterocycles. The van der Waals surface area contributed by atoms with E-state index < -0.39 is 0 Å². The smallest absolute Gasteiger partial charge is 0.138 e. The zero-order valence-corrected chi connectivity index (χ0v) is 8.62. The van der Waals surface area contributed by atoms with Crippen LogP contribution >= 0.6 is 0 Å². The lowest BCUT2D eigenvalue weighted by Gasteiger charge is -2.33. The summed E-state index contributed by atoms with van der Waals surface area (Å²) in [7, 11) is 0. The fourth-order valence-corrected chi connectivity index (χ4v) is 2.11. The first-order valence-corrected chi connectivity index (χ1v) is 4.97. The lowest BCUT2D eigenvalue weighted by Crippen LogP contribution is -2.26. The maximum absolute atomic E-state index is 4.36. The van der Waals surface area contributed by atoms with Crippen LogP contribution in [0.3, 0.4) is 0 Å².